The van der Waals surface area contributed by atoms with E-state index in [1.165, 1.54) is 25.0 Å². The summed E-state index contributed by atoms with van der Waals surface area (Å²) in [5.74, 6) is 0.889. The van der Waals surface area contributed by atoms with E-state index >= 15 is 0 Å². The van der Waals surface area contributed by atoms with Crippen LogP contribution in [-0.2, 0) is 6.42 Å². The standard InChI is InChI=1S/C23H27FN4O3/c1-14(17-10-18(24)12-19(11-17)31-13-16-4-5-16)28-25-8-2-3-15-6-7-21-20(9-15)22(29)27-23(30)26-21/h6-7,9-12,14,16,25,28H,2-5,8,13H2,1H3,(H2,26,27,29,30). The largest absolute Gasteiger partial charge is 0.493 e. The van der Waals surface area contributed by atoms with Gasteiger partial charge in [0.15, 0.2) is 0 Å². The van der Waals surface area contributed by atoms with Crippen LogP contribution < -0.4 is 26.8 Å². The zero-order valence-electron chi connectivity index (χ0n) is 17.5. The van der Waals surface area contributed by atoms with E-state index in [-0.39, 0.29) is 17.4 Å². The molecular formula is C23H27FN4O3. The van der Waals surface area contributed by atoms with Gasteiger partial charge in [-0.05, 0) is 73.9 Å². The van der Waals surface area contributed by atoms with Crippen molar-refractivity contribution in [2.24, 2.45) is 5.92 Å². The number of hydrogen-bond donors (Lipinski definition) is 4. The van der Waals surface area contributed by atoms with E-state index in [0.717, 1.165) is 24.0 Å². The Balaban J connectivity index is 1.25. The highest BCUT2D eigenvalue weighted by Crippen LogP contribution is 2.30. The van der Waals surface area contributed by atoms with Gasteiger partial charge in [0, 0.05) is 18.7 Å². The lowest BCUT2D eigenvalue weighted by Crippen LogP contribution is -2.35. The van der Waals surface area contributed by atoms with Crippen molar-refractivity contribution in [1.82, 2.24) is 20.8 Å². The zero-order valence-corrected chi connectivity index (χ0v) is 17.5. The SMILES string of the molecule is CC(NNCCCc1ccc2[nH]c(=O)[nH]c(=O)c2c1)c1cc(F)cc(OCC2CC2)c1. The minimum atomic E-state index is -0.505. The number of aromatic nitrogens is 2. The molecule has 1 aliphatic carbocycles. The molecule has 2 aromatic carbocycles. The monoisotopic (exact) mass is 426 g/mol. The van der Waals surface area contributed by atoms with Gasteiger partial charge in [0.05, 0.1) is 17.5 Å². The van der Waals surface area contributed by atoms with E-state index in [0.29, 0.717) is 35.7 Å². The fourth-order valence-corrected chi connectivity index (χ4v) is 3.47. The van der Waals surface area contributed by atoms with Gasteiger partial charge in [0.1, 0.15) is 11.6 Å². The first-order valence-electron chi connectivity index (χ1n) is 10.6. The van der Waals surface area contributed by atoms with Crippen LogP contribution in [0.25, 0.3) is 10.9 Å². The Hall–Kier alpha value is -2.97. The molecule has 1 saturated carbocycles. The molecule has 164 valence electrons. The average Bonchev–Trinajstić information content (AvgIpc) is 3.56. The molecule has 1 fully saturated rings. The van der Waals surface area contributed by atoms with E-state index in [1.807, 2.05) is 19.1 Å². The van der Waals surface area contributed by atoms with E-state index in [1.54, 1.807) is 12.1 Å². The summed E-state index contributed by atoms with van der Waals surface area (Å²) in [6.45, 7) is 3.31. The summed E-state index contributed by atoms with van der Waals surface area (Å²) in [6.07, 6.45) is 4.00. The summed E-state index contributed by atoms with van der Waals surface area (Å²) in [7, 11) is 0. The van der Waals surface area contributed by atoms with Gasteiger partial charge in [-0.2, -0.15) is 0 Å². The van der Waals surface area contributed by atoms with Crippen LogP contribution in [0.2, 0.25) is 0 Å². The number of rotatable bonds is 10. The molecule has 1 aliphatic rings. The van der Waals surface area contributed by atoms with Crippen molar-refractivity contribution in [3.05, 3.63) is 74.2 Å². The van der Waals surface area contributed by atoms with Gasteiger partial charge in [0.2, 0.25) is 0 Å². The molecular weight excluding hydrogens is 399 g/mol. The van der Waals surface area contributed by atoms with Gasteiger partial charge >= 0.3 is 5.69 Å². The number of benzene rings is 2. The maximum atomic E-state index is 13.9. The molecule has 0 radical (unpaired) electrons. The van der Waals surface area contributed by atoms with Gasteiger partial charge < -0.3 is 9.72 Å². The number of aryl methyl sites for hydroxylation is 1. The van der Waals surface area contributed by atoms with Crippen LogP contribution in [0.1, 0.15) is 43.4 Å². The second kappa shape index (κ2) is 9.45. The Bertz CT molecular complexity index is 1170. The van der Waals surface area contributed by atoms with Gasteiger partial charge in [-0.1, -0.05) is 6.07 Å². The number of aromatic amines is 2. The number of nitrogens with one attached hydrogen (secondary N) is 4. The molecule has 4 N–H and O–H groups in total. The number of halogens is 1. The Labute approximate surface area is 179 Å². The molecule has 0 spiro atoms. The quantitative estimate of drug-likeness (QED) is 0.295. The van der Waals surface area contributed by atoms with Crippen LogP contribution >= 0.6 is 0 Å². The summed E-state index contributed by atoms with van der Waals surface area (Å²) in [6, 6.07) is 10.2. The minimum Gasteiger partial charge on any atom is -0.493 e. The molecule has 31 heavy (non-hydrogen) atoms. The average molecular weight is 426 g/mol. The lowest BCUT2D eigenvalue weighted by atomic mass is 10.1. The van der Waals surface area contributed by atoms with E-state index in [9.17, 15) is 14.0 Å². The number of hydrogen-bond acceptors (Lipinski definition) is 5. The van der Waals surface area contributed by atoms with Crippen LogP contribution in [0, 0.1) is 11.7 Å². The van der Waals surface area contributed by atoms with Crippen molar-refractivity contribution in [3.63, 3.8) is 0 Å². The van der Waals surface area contributed by atoms with Crippen LogP contribution in [0.3, 0.4) is 0 Å². The van der Waals surface area contributed by atoms with Gasteiger partial charge in [0.25, 0.3) is 5.56 Å². The second-order valence-corrected chi connectivity index (χ2v) is 8.16. The Morgan fingerprint density at radius 1 is 1.16 bits per heavy atom. The van der Waals surface area contributed by atoms with E-state index < -0.39 is 5.69 Å². The Morgan fingerprint density at radius 3 is 2.81 bits per heavy atom. The smallest absolute Gasteiger partial charge is 0.326 e. The molecule has 8 heteroatoms. The molecule has 1 atom stereocenters. The molecule has 0 aliphatic heterocycles. The highest BCUT2D eigenvalue weighted by molar-refractivity contribution is 5.77. The van der Waals surface area contributed by atoms with Crippen LogP contribution in [0.5, 0.6) is 5.75 Å². The molecule has 4 rings (SSSR count). The molecule has 0 amide bonds. The van der Waals surface area contributed by atoms with Crippen molar-refractivity contribution < 1.29 is 9.13 Å². The Kier molecular flexibility index (Phi) is 6.48. The zero-order chi connectivity index (χ0) is 21.8. The molecule has 1 heterocycles. The molecule has 0 bridgehead atoms. The molecule has 1 aromatic heterocycles. The summed E-state index contributed by atoms with van der Waals surface area (Å²) in [4.78, 5) is 28.1. The van der Waals surface area contributed by atoms with Gasteiger partial charge in [-0.15, -0.1) is 0 Å². The fourth-order valence-electron chi connectivity index (χ4n) is 3.47. The van der Waals surface area contributed by atoms with Gasteiger partial charge in [-0.3, -0.25) is 20.6 Å². The van der Waals surface area contributed by atoms with Crippen LogP contribution in [-0.4, -0.2) is 23.1 Å². The van der Waals surface area contributed by atoms with Crippen molar-refractivity contribution in [2.75, 3.05) is 13.2 Å². The first-order valence-corrected chi connectivity index (χ1v) is 10.6. The number of H-pyrrole nitrogens is 2. The summed E-state index contributed by atoms with van der Waals surface area (Å²) < 4.78 is 19.7. The maximum Gasteiger partial charge on any atom is 0.326 e. The third kappa shape index (κ3) is 5.80. The summed E-state index contributed by atoms with van der Waals surface area (Å²) >= 11 is 0. The minimum absolute atomic E-state index is 0.0879. The third-order valence-electron chi connectivity index (χ3n) is 5.47. The Morgan fingerprint density at radius 2 is 2.00 bits per heavy atom. The topological polar surface area (TPSA) is 99.0 Å². The molecule has 3 aromatic rings. The highest BCUT2D eigenvalue weighted by atomic mass is 19.1. The summed E-state index contributed by atoms with van der Waals surface area (Å²) in [5, 5.41) is 0.475. The van der Waals surface area contributed by atoms with E-state index in [2.05, 4.69) is 20.8 Å². The van der Waals surface area contributed by atoms with E-state index in [4.69, 9.17) is 4.74 Å². The molecule has 1 unspecified atom stereocenters. The lowest BCUT2D eigenvalue weighted by Gasteiger charge is -2.17. The number of hydrazine groups is 1. The van der Waals surface area contributed by atoms with Crippen molar-refractivity contribution in [1.29, 1.82) is 0 Å². The lowest BCUT2D eigenvalue weighted by molar-refractivity contribution is 0.297. The van der Waals surface area contributed by atoms with Crippen molar-refractivity contribution in [2.45, 2.75) is 38.6 Å². The fraction of sp³-hybridized carbons (Fsp3) is 0.391. The maximum absolute atomic E-state index is 13.9. The van der Waals surface area contributed by atoms with Crippen LogP contribution in [0.4, 0.5) is 4.39 Å². The predicted octanol–water partition coefficient (Wildman–Crippen LogP) is 2.93. The normalized spacial score (nSPS) is 14.6. The third-order valence-corrected chi connectivity index (χ3v) is 5.47. The summed E-state index contributed by atoms with van der Waals surface area (Å²) in [5.41, 5.74) is 7.85. The molecule has 7 nitrogen and oxygen atoms in total. The first-order chi connectivity index (χ1) is 15.0. The van der Waals surface area contributed by atoms with Gasteiger partial charge in [-0.25, -0.2) is 9.18 Å². The number of fused-ring (bicyclic) bond motifs is 1. The van der Waals surface area contributed by atoms with Crippen molar-refractivity contribution in [3.8, 4) is 5.75 Å². The first kappa shape index (κ1) is 21.3. The second-order valence-electron chi connectivity index (χ2n) is 8.16. The molecule has 0 saturated heterocycles. The number of ether oxygens (including phenoxy) is 1. The van der Waals surface area contributed by atoms with Crippen LogP contribution in [0.15, 0.2) is 46.0 Å². The highest BCUT2D eigenvalue weighted by Gasteiger charge is 2.22. The predicted molar refractivity (Wildman–Crippen MR) is 118 cm³/mol. The van der Waals surface area contributed by atoms with Crippen molar-refractivity contribution >= 4 is 10.9 Å².